The zero-order valence-electron chi connectivity index (χ0n) is 21.0. The molecule has 2 fully saturated rings. The third kappa shape index (κ3) is 5.75. The first kappa shape index (κ1) is 27.3. The number of imide groups is 1. The fourth-order valence-electron chi connectivity index (χ4n) is 5.12. The molecule has 7 nitrogen and oxygen atoms in total. The minimum Gasteiger partial charge on any atom is -0.494 e. The van der Waals surface area contributed by atoms with Crippen molar-refractivity contribution in [2.75, 3.05) is 25.2 Å². The molecular formula is C27H38N2O5S. The summed E-state index contributed by atoms with van der Waals surface area (Å²) < 4.78 is 5.67. The number of unbranched alkanes of at least 4 members (excludes halogenated alkanes) is 2. The summed E-state index contributed by atoms with van der Waals surface area (Å²) in [6.07, 6.45) is 10.9. The maximum Gasteiger partial charge on any atom is 0.324 e. The van der Waals surface area contributed by atoms with Crippen molar-refractivity contribution in [1.29, 1.82) is 0 Å². The highest BCUT2D eigenvalue weighted by atomic mass is 32.2. The van der Waals surface area contributed by atoms with Gasteiger partial charge >= 0.3 is 5.97 Å². The number of carbonyl (C=O) groups is 3. The number of carbonyl (C=O) groups excluding carboxylic acids is 2. The number of rotatable bonds is 14. The third-order valence-corrected chi connectivity index (χ3v) is 7.56. The molecule has 2 saturated heterocycles. The molecule has 2 aliphatic rings. The van der Waals surface area contributed by atoms with Crippen molar-refractivity contribution in [2.45, 2.75) is 64.0 Å². The van der Waals surface area contributed by atoms with Crippen molar-refractivity contribution < 1.29 is 24.2 Å². The lowest BCUT2D eigenvalue weighted by atomic mass is 9.78. The van der Waals surface area contributed by atoms with E-state index in [0.29, 0.717) is 18.8 Å². The number of nitrogens with zero attached hydrogens (tertiary/aromatic N) is 1. The van der Waals surface area contributed by atoms with Crippen LogP contribution in [0.15, 0.2) is 36.4 Å². The van der Waals surface area contributed by atoms with Crippen molar-refractivity contribution >= 4 is 29.5 Å². The Bertz CT molecular complexity index is 919. The van der Waals surface area contributed by atoms with Crippen molar-refractivity contribution in [1.82, 2.24) is 10.2 Å². The normalized spacial score (nSPS) is 26.0. The number of hydrogen-bond donors (Lipinski definition) is 2. The number of nitrogens with one attached hydrogen (secondary N) is 1. The largest absolute Gasteiger partial charge is 0.494 e. The van der Waals surface area contributed by atoms with E-state index in [2.05, 4.69) is 18.3 Å². The molecule has 4 atom stereocenters. The molecule has 0 spiro atoms. The number of ether oxygens (including phenoxy) is 1. The fourth-order valence-corrected chi connectivity index (χ4v) is 5.64. The van der Waals surface area contributed by atoms with Gasteiger partial charge in [-0.1, -0.05) is 51.0 Å². The molecule has 0 radical (unpaired) electrons. The molecule has 8 heteroatoms. The van der Waals surface area contributed by atoms with Gasteiger partial charge in [0, 0.05) is 12.6 Å². The van der Waals surface area contributed by atoms with E-state index in [0.717, 1.165) is 37.0 Å². The van der Waals surface area contributed by atoms with Crippen molar-refractivity contribution in [3.63, 3.8) is 0 Å². The SMILES string of the molecule is CCCC/C=C/CCN1C(=O)C2C(c3ccc(OCCC)cc3)NC(CCSC)(C(=O)O)C2C1=O. The monoisotopic (exact) mass is 502 g/mol. The number of aliphatic carboxylic acids is 1. The Labute approximate surface area is 212 Å². The third-order valence-electron chi connectivity index (χ3n) is 6.95. The molecule has 3 rings (SSSR count). The van der Waals surface area contributed by atoms with Gasteiger partial charge in [0.2, 0.25) is 11.8 Å². The standard InChI is InChI=1S/C27H38N2O5S/c1-4-6-7-8-9-10-16-29-24(30)21-22(25(29)31)27(26(32)33,15-18-35-3)28-23(21)19-11-13-20(14-12-19)34-17-5-2/h8-9,11-14,21-23,28H,4-7,10,15-18H2,1-3H3,(H,32,33)/b9-8+. The number of hydrogen-bond acceptors (Lipinski definition) is 6. The van der Waals surface area contributed by atoms with Crippen LogP contribution in [0.1, 0.15) is 64.0 Å². The first-order valence-corrected chi connectivity index (χ1v) is 14.0. The topological polar surface area (TPSA) is 95.9 Å². The molecular weight excluding hydrogens is 464 g/mol. The van der Waals surface area contributed by atoms with Crippen LogP contribution < -0.4 is 10.1 Å². The van der Waals surface area contributed by atoms with Gasteiger partial charge in [-0.2, -0.15) is 11.8 Å². The molecule has 192 valence electrons. The Morgan fingerprint density at radius 3 is 2.49 bits per heavy atom. The van der Waals surface area contributed by atoms with E-state index in [-0.39, 0.29) is 24.8 Å². The molecule has 4 unspecified atom stereocenters. The second-order valence-electron chi connectivity index (χ2n) is 9.29. The average Bonchev–Trinajstić information content (AvgIpc) is 3.33. The molecule has 2 heterocycles. The Balaban J connectivity index is 1.89. The minimum atomic E-state index is -1.48. The fraction of sp³-hybridized carbons (Fsp3) is 0.593. The molecule has 2 aliphatic heterocycles. The summed E-state index contributed by atoms with van der Waals surface area (Å²) in [5.41, 5.74) is -0.688. The predicted molar refractivity (Wildman–Crippen MR) is 138 cm³/mol. The van der Waals surface area contributed by atoms with Gasteiger partial charge in [0.15, 0.2) is 0 Å². The minimum absolute atomic E-state index is 0.267. The molecule has 35 heavy (non-hydrogen) atoms. The maximum atomic E-state index is 13.6. The van der Waals surface area contributed by atoms with Gasteiger partial charge in [-0.15, -0.1) is 0 Å². The Hall–Kier alpha value is -2.32. The molecule has 2 amide bonds. The van der Waals surface area contributed by atoms with Gasteiger partial charge in [0.05, 0.1) is 18.4 Å². The van der Waals surface area contributed by atoms with Gasteiger partial charge in [-0.05, 0) is 55.4 Å². The van der Waals surface area contributed by atoms with Gasteiger partial charge < -0.3 is 9.84 Å². The number of thioether (sulfide) groups is 1. The van der Waals surface area contributed by atoms with E-state index < -0.39 is 29.4 Å². The quantitative estimate of drug-likeness (QED) is 0.221. The van der Waals surface area contributed by atoms with Crippen LogP contribution in [0.2, 0.25) is 0 Å². The van der Waals surface area contributed by atoms with Crippen LogP contribution in [-0.4, -0.2) is 58.5 Å². The Morgan fingerprint density at radius 1 is 1.14 bits per heavy atom. The number of likely N-dealkylation sites (tertiary alicyclic amines) is 1. The van der Waals surface area contributed by atoms with E-state index in [9.17, 15) is 19.5 Å². The summed E-state index contributed by atoms with van der Waals surface area (Å²) >= 11 is 1.53. The average molecular weight is 503 g/mol. The smallest absolute Gasteiger partial charge is 0.324 e. The Morgan fingerprint density at radius 2 is 1.86 bits per heavy atom. The summed E-state index contributed by atoms with van der Waals surface area (Å²) in [5.74, 6) is -2.10. The molecule has 0 bridgehead atoms. The number of amides is 2. The summed E-state index contributed by atoms with van der Waals surface area (Å²) in [4.78, 5) is 41.1. The highest BCUT2D eigenvalue weighted by molar-refractivity contribution is 7.98. The Kier molecular flexibility index (Phi) is 9.80. The highest BCUT2D eigenvalue weighted by Crippen LogP contribution is 2.50. The molecule has 2 N–H and O–H groups in total. The van der Waals surface area contributed by atoms with Crippen LogP contribution in [-0.2, 0) is 14.4 Å². The van der Waals surface area contributed by atoms with Crippen molar-refractivity contribution in [2.24, 2.45) is 11.8 Å². The summed E-state index contributed by atoms with van der Waals surface area (Å²) in [6.45, 7) is 5.06. The van der Waals surface area contributed by atoms with Crippen molar-refractivity contribution in [3.05, 3.63) is 42.0 Å². The van der Waals surface area contributed by atoms with Gasteiger partial charge in [-0.3, -0.25) is 24.6 Å². The van der Waals surface area contributed by atoms with Crippen LogP contribution in [0.3, 0.4) is 0 Å². The highest BCUT2D eigenvalue weighted by Gasteiger charge is 2.67. The zero-order valence-corrected chi connectivity index (χ0v) is 21.8. The van der Waals surface area contributed by atoms with Crippen LogP contribution in [0, 0.1) is 11.8 Å². The molecule has 0 aliphatic carbocycles. The number of carboxylic acid groups (broad SMARTS) is 1. The number of fused-ring (bicyclic) bond motifs is 1. The second kappa shape index (κ2) is 12.6. The van der Waals surface area contributed by atoms with E-state index in [1.165, 1.54) is 16.7 Å². The van der Waals surface area contributed by atoms with Gasteiger partial charge in [-0.25, -0.2) is 0 Å². The lowest BCUT2D eigenvalue weighted by Gasteiger charge is -2.31. The summed E-state index contributed by atoms with van der Waals surface area (Å²) in [5, 5.41) is 13.6. The molecule has 1 aromatic rings. The van der Waals surface area contributed by atoms with E-state index in [4.69, 9.17) is 4.74 Å². The first-order chi connectivity index (χ1) is 16.9. The predicted octanol–water partition coefficient (Wildman–Crippen LogP) is 4.43. The van der Waals surface area contributed by atoms with E-state index >= 15 is 0 Å². The zero-order chi connectivity index (χ0) is 25.4. The van der Waals surface area contributed by atoms with E-state index in [1.807, 2.05) is 43.5 Å². The molecule has 0 saturated carbocycles. The number of allylic oxidation sites excluding steroid dienone is 1. The number of benzene rings is 1. The molecule has 0 aromatic heterocycles. The van der Waals surface area contributed by atoms with Crippen LogP contribution in [0.5, 0.6) is 5.75 Å². The lowest BCUT2D eigenvalue weighted by molar-refractivity contribution is -0.151. The van der Waals surface area contributed by atoms with Crippen LogP contribution in [0.25, 0.3) is 0 Å². The van der Waals surface area contributed by atoms with Gasteiger partial charge in [0.1, 0.15) is 11.3 Å². The van der Waals surface area contributed by atoms with E-state index in [1.54, 1.807) is 0 Å². The summed E-state index contributed by atoms with van der Waals surface area (Å²) in [7, 11) is 0. The molecule has 1 aromatic carbocycles. The lowest BCUT2D eigenvalue weighted by Crippen LogP contribution is -2.56. The summed E-state index contributed by atoms with van der Waals surface area (Å²) in [6, 6.07) is 6.85. The van der Waals surface area contributed by atoms with Gasteiger partial charge in [0.25, 0.3) is 0 Å². The van der Waals surface area contributed by atoms with Crippen LogP contribution >= 0.6 is 11.8 Å². The second-order valence-corrected chi connectivity index (χ2v) is 10.3. The maximum absolute atomic E-state index is 13.6. The van der Waals surface area contributed by atoms with Crippen LogP contribution in [0.4, 0.5) is 0 Å². The first-order valence-electron chi connectivity index (χ1n) is 12.6. The number of carboxylic acids is 1. The van der Waals surface area contributed by atoms with Crippen molar-refractivity contribution in [3.8, 4) is 5.75 Å².